The van der Waals surface area contributed by atoms with E-state index in [0.717, 1.165) is 6.08 Å². The van der Waals surface area contributed by atoms with Crippen molar-refractivity contribution in [3.05, 3.63) is 35.7 Å². The molecule has 0 aromatic heterocycles. The molecule has 0 saturated heterocycles. The number of allylic oxidation sites excluding steroid dienone is 5. The van der Waals surface area contributed by atoms with E-state index in [-0.39, 0.29) is 5.83 Å². The van der Waals surface area contributed by atoms with Gasteiger partial charge in [-0.3, -0.25) is 0 Å². The summed E-state index contributed by atoms with van der Waals surface area (Å²) in [6, 6.07) is 0. The zero-order valence-electron chi connectivity index (χ0n) is 5.20. The maximum atomic E-state index is 12.1. The molecule has 0 fully saturated rings. The van der Waals surface area contributed by atoms with Crippen molar-refractivity contribution < 1.29 is 4.39 Å². The largest absolute Gasteiger partial charge is 0.207 e. The molecule has 0 aliphatic heterocycles. The van der Waals surface area contributed by atoms with Crippen molar-refractivity contribution in [2.24, 2.45) is 0 Å². The van der Waals surface area contributed by atoms with Gasteiger partial charge in [-0.15, -0.1) is 0 Å². The summed E-state index contributed by atoms with van der Waals surface area (Å²) in [6.45, 7) is 4.90. The maximum Gasteiger partial charge on any atom is 0.122 e. The summed E-state index contributed by atoms with van der Waals surface area (Å²) in [5.74, 6) is -0.380. The summed E-state index contributed by atoms with van der Waals surface area (Å²) in [5.41, 5.74) is 0. The number of hydrogen-bond acceptors (Lipinski definition) is 0. The summed E-state index contributed by atoms with van der Waals surface area (Å²) in [6.07, 6.45) is 3.85. The third-order valence-corrected chi connectivity index (χ3v) is 0.793. The molecule has 0 aliphatic rings. The fraction of sp³-hybridized carbons (Fsp3) is 0.143. The fourth-order valence-corrected chi connectivity index (χ4v) is 0.325. The Labute approximate surface area is 59.3 Å². The lowest BCUT2D eigenvalue weighted by Gasteiger charge is -1.80. The molecule has 0 N–H and O–H groups in total. The van der Waals surface area contributed by atoms with Crippen LogP contribution in [0.2, 0.25) is 0 Å². The van der Waals surface area contributed by atoms with Crippen LogP contribution in [0.4, 0.5) is 4.39 Å². The molecule has 9 heavy (non-hydrogen) atoms. The first-order valence-electron chi connectivity index (χ1n) is 2.49. The molecule has 0 radical (unpaired) electrons. The summed E-state index contributed by atoms with van der Waals surface area (Å²) < 4.78 is 12.1. The SMILES string of the molecule is C=C/C(F)=C\C=C(/C)Cl. The molecule has 0 saturated carbocycles. The Kier molecular flexibility index (Phi) is 4.06. The third kappa shape index (κ3) is 5.31. The molecular formula is C7H8ClF. The first kappa shape index (κ1) is 8.44. The maximum absolute atomic E-state index is 12.1. The monoisotopic (exact) mass is 146 g/mol. The molecule has 2 heteroatoms. The minimum atomic E-state index is -0.380. The van der Waals surface area contributed by atoms with Crippen LogP contribution in [0, 0.1) is 0 Å². The van der Waals surface area contributed by atoms with Crippen LogP contribution in [0.5, 0.6) is 0 Å². The first-order chi connectivity index (χ1) is 4.16. The van der Waals surface area contributed by atoms with Crippen LogP contribution in [-0.4, -0.2) is 0 Å². The van der Waals surface area contributed by atoms with E-state index in [1.54, 1.807) is 6.92 Å². The van der Waals surface area contributed by atoms with Gasteiger partial charge in [-0.2, -0.15) is 0 Å². The molecule has 0 heterocycles. The van der Waals surface area contributed by atoms with E-state index in [2.05, 4.69) is 6.58 Å². The molecule has 0 aromatic carbocycles. The highest BCUT2D eigenvalue weighted by atomic mass is 35.5. The number of rotatable bonds is 2. The molecule has 0 nitrogen and oxygen atoms in total. The molecule has 0 rings (SSSR count). The predicted octanol–water partition coefficient (Wildman–Crippen LogP) is 3.17. The highest BCUT2D eigenvalue weighted by Crippen LogP contribution is 2.02. The quantitative estimate of drug-likeness (QED) is 0.525. The zero-order chi connectivity index (χ0) is 7.28. The second-order valence-corrected chi connectivity index (χ2v) is 2.11. The van der Waals surface area contributed by atoms with Gasteiger partial charge in [0, 0.05) is 5.03 Å². The Morgan fingerprint density at radius 2 is 2.11 bits per heavy atom. The van der Waals surface area contributed by atoms with Crippen LogP contribution < -0.4 is 0 Å². The Morgan fingerprint density at radius 1 is 1.56 bits per heavy atom. The molecule has 0 aliphatic carbocycles. The van der Waals surface area contributed by atoms with E-state index >= 15 is 0 Å². The zero-order valence-corrected chi connectivity index (χ0v) is 5.95. The fourth-order valence-electron chi connectivity index (χ4n) is 0.262. The van der Waals surface area contributed by atoms with Crippen molar-refractivity contribution in [2.75, 3.05) is 0 Å². The van der Waals surface area contributed by atoms with Gasteiger partial charge in [0.1, 0.15) is 5.83 Å². The molecule has 0 spiro atoms. The second-order valence-electron chi connectivity index (χ2n) is 1.51. The molecule has 0 unspecified atom stereocenters. The molecule has 0 bridgehead atoms. The Balaban J connectivity index is 3.98. The average molecular weight is 147 g/mol. The minimum absolute atomic E-state index is 0.380. The summed E-state index contributed by atoms with van der Waals surface area (Å²) in [5, 5.41) is 0.548. The Bertz CT molecular complexity index is 152. The molecule has 0 amide bonds. The predicted molar refractivity (Wildman–Crippen MR) is 39.0 cm³/mol. The van der Waals surface area contributed by atoms with Gasteiger partial charge in [-0.05, 0) is 25.2 Å². The highest BCUT2D eigenvalue weighted by molar-refractivity contribution is 6.29. The normalized spacial score (nSPS) is 13.7. The van der Waals surface area contributed by atoms with Gasteiger partial charge in [0.25, 0.3) is 0 Å². The number of halogens is 2. The van der Waals surface area contributed by atoms with Crippen LogP contribution in [0.25, 0.3) is 0 Å². The lowest BCUT2D eigenvalue weighted by atomic mass is 10.4. The third-order valence-electron chi connectivity index (χ3n) is 0.667. The van der Waals surface area contributed by atoms with Crippen molar-refractivity contribution in [2.45, 2.75) is 6.92 Å². The summed E-state index contributed by atoms with van der Waals surface area (Å²) in [4.78, 5) is 0. The average Bonchev–Trinajstić information content (AvgIpc) is 1.83. The van der Waals surface area contributed by atoms with Gasteiger partial charge in [0.05, 0.1) is 0 Å². The van der Waals surface area contributed by atoms with Crippen molar-refractivity contribution in [1.29, 1.82) is 0 Å². The standard InChI is InChI=1S/C7H8ClF/c1-3-7(9)5-4-6(2)8/h3-5H,1H2,2H3/b6-4+,7-5+. The summed E-state index contributed by atoms with van der Waals surface area (Å²) >= 11 is 5.39. The van der Waals surface area contributed by atoms with Crippen molar-refractivity contribution >= 4 is 11.6 Å². The minimum Gasteiger partial charge on any atom is -0.207 e. The molecule has 50 valence electrons. The van der Waals surface area contributed by atoms with Gasteiger partial charge in [-0.1, -0.05) is 18.2 Å². The number of hydrogen-bond donors (Lipinski definition) is 0. The summed E-state index contributed by atoms with van der Waals surface area (Å²) in [7, 11) is 0. The van der Waals surface area contributed by atoms with E-state index in [9.17, 15) is 4.39 Å². The van der Waals surface area contributed by atoms with Crippen LogP contribution in [0.3, 0.4) is 0 Å². The van der Waals surface area contributed by atoms with Gasteiger partial charge >= 0.3 is 0 Å². The van der Waals surface area contributed by atoms with Gasteiger partial charge in [-0.25, -0.2) is 4.39 Å². The van der Waals surface area contributed by atoms with Crippen molar-refractivity contribution in [3.8, 4) is 0 Å². The Morgan fingerprint density at radius 3 is 2.44 bits per heavy atom. The van der Waals surface area contributed by atoms with Crippen LogP contribution in [0.1, 0.15) is 6.92 Å². The van der Waals surface area contributed by atoms with E-state index in [1.807, 2.05) is 0 Å². The Hall–Kier alpha value is -0.560. The van der Waals surface area contributed by atoms with Crippen LogP contribution >= 0.6 is 11.6 Å². The van der Waals surface area contributed by atoms with E-state index in [4.69, 9.17) is 11.6 Å². The van der Waals surface area contributed by atoms with Gasteiger partial charge < -0.3 is 0 Å². The second kappa shape index (κ2) is 4.33. The smallest absolute Gasteiger partial charge is 0.122 e. The van der Waals surface area contributed by atoms with Gasteiger partial charge in [0.2, 0.25) is 0 Å². The van der Waals surface area contributed by atoms with Crippen molar-refractivity contribution in [1.82, 2.24) is 0 Å². The first-order valence-corrected chi connectivity index (χ1v) is 2.86. The molecular weight excluding hydrogens is 139 g/mol. The van der Waals surface area contributed by atoms with Gasteiger partial charge in [0.15, 0.2) is 0 Å². The lowest BCUT2D eigenvalue weighted by molar-refractivity contribution is 0.668. The van der Waals surface area contributed by atoms with Crippen LogP contribution in [-0.2, 0) is 0 Å². The van der Waals surface area contributed by atoms with Crippen molar-refractivity contribution in [3.63, 3.8) is 0 Å². The highest BCUT2D eigenvalue weighted by Gasteiger charge is 1.80. The molecule has 0 atom stereocenters. The topological polar surface area (TPSA) is 0 Å². The van der Waals surface area contributed by atoms with Crippen LogP contribution in [0.15, 0.2) is 35.7 Å². The van der Waals surface area contributed by atoms with E-state index < -0.39 is 0 Å². The molecule has 0 aromatic rings. The van der Waals surface area contributed by atoms with E-state index in [1.165, 1.54) is 12.2 Å². The lowest BCUT2D eigenvalue weighted by Crippen LogP contribution is -1.60. The van der Waals surface area contributed by atoms with E-state index in [0.29, 0.717) is 5.03 Å².